The first-order chi connectivity index (χ1) is 9.24. The van der Waals surface area contributed by atoms with E-state index in [1.165, 1.54) is 37.7 Å². The molecule has 2 atom stereocenters. The van der Waals surface area contributed by atoms with Gasteiger partial charge in [0.1, 0.15) is 0 Å². The van der Waals surface area contributed by atoms with Crippen LogP contribution in [0.2, 0.25) is 0 Å². The van der Waals surface area contributed by atoms with Crippen molar-refractivity contribution in [3.63, 3.8) is 0 Å². The van der Waals surface area contributed by atoms with Crippen LogP contribution < -0.4 is 5.32 Å². The fraction of sp³-hybridized carbons (Fsp3) is 0.667. The minimum absolute atomic E-state index is 0.528. The van der Waals surface area contributed by atoms with Gasteiger partial charge in [-0.15, -0.1) is 0 Å². The average Bonchev–Trinajstić information content (AvgIpc) is 2.36. The maximum absolute atomic E-state index is 3.67. The Morgan fingerprint density at radius 2 is 2.05 bits per heavy atom. The van der Waals surface area contributed by atoms with Crippen molar-refractivity contribution in [1.82, 2.24) is 5.32 Å². The lowest BCUT2D eigenvalue weighted by molar-refractivity contribution is 0.403. The van der Waals surface area contributed by atoms with E-state index in [1.54, 1.807) is 5.56 Å². The Kier molecular flexibility index (Phi) is 5.45. The first-order valence-corrected chi connectivity index (χ1v) is 8.07. The molecule has 1 aromatic carbocycles. The normalized spacial score (nSPS) is 18.9. The molecule has 1 saturated carbocycles. The maximum atomic E-state index is 3.67. The second-order valence-electron chi connectivity index (χ2n) is 6.16. The first-order valence-electron chi connectivity index (χ1n) is 8.07. The van der Waals surface area contributed by atoms with E-state index in [2.05, 4.69) is 50.4 Å². The summed E-state index contributed by atoms with van der Waals surface area (Å²) in [5.74, 6) is 1.63. The smallest absolute Gasteiger partial charge is 0.0322 e. The summed E-state index contributed by atoms with van der Waals surface area (Å²) < 4.78 is 0. The highest BCUT2D eigenvalue weighted by Crippen LogP contribution is 2.37. The van der Waals surface area contributed by atoms with E-state index in [4.69, 9.17) is 0 Å². The van der Waals surface area contributed by atoms with Crippen LogP contribution in [0.25, 0.3) is 0 Å². The molecule has 0 saturated heterocycles. The lowest BCUT2D eigenvalue weighted by Crippen LogP contribution is -2.23. The molecular weight excluding hydrogens is 230 g/mol. The minimum atomic E-state index is 0.528. The van der Waals surface area contributed by atoms with Crippen LogP contribution in [0.15, 0.2) is 24.3 Å². The van der Waals surface area contributed by atoms with E-state index in [1.807, 2.05) is 0 Å². The number of nitrogens with one attached hydrogen (secondary N) is 1. The standard InChI is InChI=1S/C18H29N/c1-4-14(3)12-18(19-5-2)17-11-7-10-16(13-17)15-8-6-9-15/h7,10-11,13-15,18-19H,4-6,8-9,12H2,1-3H3. The lowest BCUT2D eigenvalue weighted by Gasteiger charge is -2.28. The Morgan fingerprint density at radius 3 is 2.63 bits per heavy atom. The molecule has 0 aromatic heterocycles. The number of hydrogen-bond acceptors (Lipinski definition) is 1. The van der Waals surface area contributed by atoms with E-state index >= 15 is 0 Å². The molecule has 2 unspecified atom stereocenters. The van der Waals surface area contributed by atoms with Gasteiger partial charge in [-0.1, -0.05) is 57.9 Å². The Bertz CT molecular complexity index is 381. The van der Waals surface area contributed by atoms with Crippen molar-refractivity contribution in [2.45, 2.75) is 64.8 Å². The third kappa shape index (κ3) is 3.82. The highest BCUT2D eigenvalue weighted by Gasteiger charge is 2.21. The van der Waals surface area contributed by atoms with Crippen molar-refractivity contribution < 1.29 is 0 Å². The first kappa shape index (κ1) is 14.6. The highest BCUT2D eigenvalue weighted by atomic mass is 14.9. The molecule has 106 valence electrons. The van der Waals surface area contributed by atoms with Crippen LogP contribution >= 0.6 is 0 Å². The van der Waals surface area contributed by atoms with Crippen molar-refractivity contribution in [2.75, 3.05) is 6.54 Å². The van der Waals surface area contributed by atoms with Crippen molar-refractivity contribution in [3.8, 4) is 0 Å². The molecule has 1 aliphatic carbocycles. The predicted molar refractivity (Wildman–Crippen MR) is 83.5 cm³/mol. The van der Waals surface area contributed by atoms with Gasteiger partial charge in [0.2, 0.25) is 0 Å². The van der Waals surface area contributed by atoms with Gasteiger partial charge >= 0.3 is 0 Å². The van der Waals surface area contributed by atoms with Crippen LogP contribution in [-0.4, -0.2) is 6.54 Å². The molecule has 1 aromatic rings. The maximum Gasteiger partial charge on any atom is 0.0322 e. The zero-order valence-corrected chi connectivity index (χ0v) is 12.8. The summed E-state index contributed by atoms with van der Waals surface area (Å²) >= 11 is 0. The van der Waals surface area contributed by atoms with Crippen LogP contribution in [0, 0.1) is 5.92 Å². The van der Waals surface area contributed by atoms with Gasteiger partial charge in [0.15, 0.2) is 0 Å². The van der Waals surface area contributed by atoms with Gasteiger partial charge in [0.05, 0.1) is 0 Å². The molecule has 1 N–H and O–H groups in total. The number of hydrogen-bond donors (Lipinski definition) is 1. The van der Waals surface area contributed by atoms with E-state index < -0.39 is 0 Å². The van der Waals surface area contributed by atoms with Crippen LogP contribution in [0.3, 0.4) is 0 Å². The van der Waals surface area contributed by atoms with Crippen molar-refractivity contribution in [1.29, 1.82) is 0 Å². The van der Waals surface area contributed by atoms with Gasteiger partial charge in [-0.3, -0.25) is 0 Å². The zero-order chi connectivity index (χ0) is 13.7. The summed E-state index contributed by atoms with van der Waals surface area (Å²) in [7, 11) is 0. The summed E-state index contributed by atoms with van der Waals surface area (Å²) in [6.07, 6.45) is 6.71. The van der Waals surface area contributed by atoms with Gasteiger partial charge in [0, 0.05) is 6.04 Å². The topological polar surface area (TPSA) is 12.0 Å². The molecule has 1 fully saturated rings. The zero-order valence-electron chi connectivity index (χ0n) is 12.8. The summed E-state index contributed by atoms with van der Waals surface area (Å²) in [6.45, 7) is 7.91. The molecule has 2 rings (SSSR count). The summed E-state index contributed by atoms with van der Waals surface area (Å²) in [5.41, 5.74) is 3.06. The van der Waals surface area contributed by atoms with Gasteiger partial charge in [-0.2, -0.15) is 0 Å². The van der Waals surface area contributed by atoms with E-state index in [0.29, 0.717) is 6.04 Å². The molecule has 0 amide bonds. The molecule has 0 bridgehead atoms. The Labute approximate surface area is 118 Å². The Hall–Kier alpha value is -0.820. The number of benzene rings is 1. The second kappa shape index (κ2) is 7.09. The van der Waals surface area contributed by atoms with E-state index in [9.17, 15) is 0 Å². The highest BCUT2D eigenvalue weighted by molar-refractivity contribution is 5.29. The summed E-state index contributed by atoms with van der Waals surface area (Å²) in [5, 5.41) is 3.67. The van der Waals surface area contributed by atoms with Crippen molar-refractivity contribution in [2.24, 2.45) is 5.92 Å². The van der Waals surface area contributed by atoms with Crippen LogP contribution in [0.5, 0.6) is 0 Å². The van der Waals surface area contributed by atoms with Gasteiger partial charge in [-0.05, 0) is 48.8 Å². The molecule has 1 heteroatoms. The molecule has 1 aliphatic rings. The third-order valence-corrected chi connectivity index (χ3v) is 4.68. The second-order valence-corrected chi connectivity index (χ2v) is 6.16. The van der Waals surface area contributed by atoms with E-state index in [-0.39, 0.29) is 0 Å². The van der Waals surface area contributed by atoms with E-state index in [0.717, 1.165) is 18.4 Å². The van der Waals surface area contributed by atoms with Crippen LogP contribution in [0.4, 0.5) is 0 Å². The van der Waals surface area contributed by atoms with Gasteiger partial charge in [0.25, 0.3) is 0 Å². The largest absolute Gasteiger partial charge is 0.310 e. The fourth-order valence-electron chi connectivity index (χ4n) is 2.92. The monoisotopic (exact) mass is 259 g/mol. The predicted octanol–water partition coefficient (Wildman–Crippen LogP) is 5.04. The molecular formula is C18H29N. The Balaban J connectivity index is 2.10. The molecule has 1 nitrogen and oxygen atoms in total. The lowest BCUT2D eigenvalue weighted by atomic mass is 9.79. The van der Waals surface area contributed by atoms with Gasteiger partial charge in [-0.25, -0.2) is 0 Å². The van der Waals surface area contributed by atoms with Crippen LogP contribution in [0.1, 0.15) is 76.0 Å². The average molecular weight is 259 g/mol. The molecule has 0 heterocycles. The van der Waals surface area contributed by atoms with Crippen molar-refractivity contribution >= 4 is 0 Å². The molecule has 19 heavy (non-hydrogen) atoms. The molecule has 0 spiro atoms. The third-order valence-electron chi connectivity index (χ3n) is 4.68. The number of rotatable bonds is 7. The summed E-state index contributed by atoms with van der Waals surface area (Å²) in [4.78, 5) is 0. The fourth-order valence-corrected chi connectivity index (χ4v) is 2.92. The van der Waals surface area contributed by atoms with Crippen LogP contribution in [-0.2, 0) is 0 Å². The Morgan fingerprint density at radius 1 is 1.26 bits per heavy atom. The quantitative estimate of drug-likeness (QED) is 0.723. The van der Waals surface area contributed by atoms with Crippen molar-refractivity contribution in [3.05, 3.63) is 35.4 Å². The SMILES string of the molecule is CCNC(CC(C)CC)c1cccc(C2CCC2)c1. The minimum Gasteiger partial charge on any atom is -0.310 e. The molecule has 0 radical (unpaired) electrons. The van der Waals surface area contributed by atoms with Gasteiger partial charge < -0.3 is 5.32 Å². The summed E-state index contributed by atoms with van der Waals surface area (Å²) in [6, 6.07) is 9.86. The molecule has 0 aliphatic heterocycles.